The smallest absolute Gasteiger partial charge is 0.416 e. The van der Waals surface area contributed by atoms with Crippen LogP contribution in [0.15, 0.2) is 24.3 Å². The van der Waals surface area contributed by atoms with Gasteiger partial charge in [-0.2, -0.15) is 13.2 Å². The molecule has 21 heavy (non-hydrogen) atoms. The van der Waals surface area contributed by atoms with Gasteiger partial charge in [0.25, 0.3) is 0 Å². The van der Waals surface area contributed by atoms with E-state index >= 15 is 0 Å². The van der Waals surface area contributed by atoms with Gasteiger partial charge in [0.15, 0.2) is 0 Å². The van der Waals surface area contributed by atoms with Crippen LogP contribution in [-0.4, -0.2) is 17.0 Å². The Labute approximate surface area is 119 Å². The molecule has 0 aliphatic heterocycles. The summed E-state index contributed by atoms with van der Waals surface area (Å²) in [6.45, 7) is 1.56. The van der Waals surface area contributed by atoms with Gasteiger partial charge in [-0.05, 0) is 31.0 Å². The molecule has 0 heterocycles. The first-order valence-corrected chi connectivity index (χ1v) is 6.40. The molecule has 1 amide bonds. The number of aliphatic carboxylic acids is 1. The summed E-state index contributed by atoms with van der Waals surface area (Å²) in [5.74, 6) is -2.73. The predicted octanol–water partition coefficient (Wildman–Crippen LogP) is 2.60. The van der Waals surface area contributed by atoms with E-state index in [1.54, 1.807) is 6.92 Å². The molecule has 1 aliphatic rings. The van der Waals surface area contributed by atoms with Gasteiger partial charge in [-0.25, -0.2) is 0 Å². The molecule has 1 aromatic rings. The van der Waals surface area contributed by atoms with Gasteiger partial charge < -0.3 is 10.4 Å². The highest BCUT2D eigenvalue weighted by Gasteiger charge is 2.48. The summed E-state index contributed by atoms with van der Waals surface area (Å²) < 4.78 is 37.9. The number of alkyl halides is 3. The van der Waals surface area contributed by atoms with E-state index in [9.17, 15) is 22.8 Å². The number of halogens is 3. The van der Waals surface area contributed by atoms with Crippen LogP contribution in [0.5, 0.6) is 0 Å². The zero-order valence-corrected chi connectivity index (χ0v) is 11.1. The number of carboxylic acids is 1. The maximum atomic E-state index is 12.6. The van der Waals surface area contributed by atoms with Crippen molar-refractivity contribution in [2.45, 2.75) is 25.6 Å². The zero-order valence-electron chi connectivity index (χ0n) is 11.1. The second-order valence-electron chi connectivity index (χ2n) is 5.14. The summed E-state index contributed by atoms with van der Waals surface area (Å²) in [5.41, 5.74) is -0.457. The third-order valence-electron chi connectivity index (χ3n) is 3.52. The first kappa shape index (κ1) is 15.3. The predicted molar refractivity (Wildman–Crippen MR) is 67.2 cm³/mol. The minimum atomic E-state index is -4.44. The van der Waals surface area contributed by atoms with Gasteiger partial charge in [0.1, 0.15) is 0 Å². The summed E-state index contributed by atoms with van der Waals surface area (Å²) >= 11 is 0. The second-order valence-corrected chi connectivity index (χ2v) is 5.14. The van der Waals surface area contributed by atoms with Crippen molar-refractivity contribution in [3.05, 3.63) is 35.4 Å². The number of carboxylic acid groups (broad SMARTS) is 1. The highest BCUT2D eigenvalue weighted by atomic mass is 19.4. The Kier molecular flexibility index (Phi) is 3.93. The number of carbonyl (C=O) groups excluding carboxylic acids is 1. The number of nitrogens with one attached hydrogen (secondary N) is 1. The molecule has 0 saturated heterocycles. The van der Waals surface area contributed by atoms with Crippen LogP contribution in [0.1, 0.15) is 30.5 Å². The van der Waals surface area contributed by atoms with Gasteiger partial charge in [0.2, 0.25) is 5.91 Å². The number of hydrogen-bond donors (Lipinski definition) is 2. The molecular formula is C14H14F3NO3. The number of amides is 1. The third-order valence-corrected chi connectivity index (χ3v) is 3.52. The summed E-state index contributed by atoms with van der Waals surface area (Å²) in [4.78, 5) is 22.5. The summed E-state index contributed by atoms with van der Waals surface area (Å²) in [7, 11) is 0. The average Bonchev–Trinajstić information content (AvgIpc) is 3.18. The largest absolute Gasteiger partial charge is 0.481 e. The Morgan fingerprint density at radius 3 is 2.52 bits per heavy atom. The molecule has 3 atom stereocenters. The molecule has 0 radical (unpaired) electrons. The topological polar surface area (TPSA) is 66.4 Å². The molecule has 1 aliphatic carbocycles. The molecule has 0 spiro atoms. The van der Waals surface area contributed by atoms with E-state index in [0.29, 0.717) is 5.56 Å². The Balaban J connectivity index is 2.02. The average molecular weight is 301 g/mol. The molecule has 0 aromatic heterocycles. The molecule has 1 saturated carbocycles. The minimum Gasteiger partial charge on any atom is -0.481 e. The fourth-order valence-electron chi connectivity index (χ4n) is 2.15. The van der Waals surface area contributed by atoms with Crippen molar-refractivity contribution in [3.63, 3.8) is 0 Å². The van der Waals surface area contributed by atoms with E-state index < -0.39 is 41.5 Å². The zero-order chi connectivity index (χ0) is 15.8. The number of rotatable bonds is 4. The molecule has 0 bridgehead atoms. The van der Waals surface area contributed by atoms with E-state index in [2.05, 4.69) is 5.32 Å². The number of carbonyl (C=O) groups is 2. The molecular weight excluding hydrogens is 287 g/mol. The van der Waals surface area contributed by atoms with Crippen molar-refractivity contribution in [2.24, 2.45) is 11.8 Å². The standard InChI is InChI=1S/C14H14F3NO3/c1-7(18-12(19)10-6-11(10)13(20)21)8-3-2-4-9(5-8)14(15,16)17/h2-5,7,10-11H,6H2,1H3,(H,18,19)(H,20,21)/t7?,10-,11+/m1/s1. The fourth-order valence-corrected chi connectivity index (χ4v) is 2.15. The van der Waals surface area contributed by atoms with Gasteiger partial charge in [-0.1, -0.05) is 12.1 Å². The Morgan fingerprint density at radius 1 is 1.33 bits per heavy atom. The Morgan fingerprint density at radius 2 is 2.00 bits per heavy atom. The maximum Gasteiger partial charge on any atom is 0.416 e. The van der Waals surface area contributed by atoms with Crippen molar-refractivity contribution in [2.75, 3.05) is 0 Å². The van der Waals surface area contributed by atoms with E-state index in [1.165, 1.54) is 12.1 Å². The van der Waals surface area contributed by atoms with Crippen LogP contribution in [0, 0.1) is 11.8 Å². The highest BCUT2D eigenvalue weighted by Crippen LogP contribution is 2.39. The fraction of sp³-hybridized carbons (Fsp3) is 0.429. The molecule has 2 rings (SSSR count). The van der Waals surface area contributed by atoms with Gasteiger partial charge in [0, 0.05) is 0 Å². The van der Waals surface area contributed by atoms with Crippen molar-refractivity contribution < 1.29 is 27.9 Å². The van der Waals surface area contributed by atoms with E-state index in [4.69, 9.17) is 5.11 Å². The lowest BCUT2D eigenvalue weighted by Gasteiger charge is -2.16. The third kappa shape index (κ3) is 3.53. The van der Waals surface area contributed by atoms with Crippen LogP contribution in [0.3, 0.4) is 0 Å². The summed E-state index contributed by atoms with van der Waals surface area (Å²) in [5, 5.41) is 11.3. The van der Waals surface area contributed by atoms with Crippen molar-refractivity contribution in [1.82, 2.24) is 5.32 Å². The highest BCUT2D eigenvalue weighted by molar-refractivity contribution is 5.89. The molecule has 4 nitrogen and oxygen atoms in total. The minimum absolute atomic E-state index is 0.274. The number of benzene rings is 1. The lowest BCUT2D eigenvalue weighted by Crippen LogP contribution is -2.29. The van der Waals surface area contributed by atoms with Crippen LogP contribution in [0.2, 0.25) is 0 Å². The van der Waals surface area contributed by atoms with E-state index in [0.717, 1.165) is 12.1 Å². The molecule has 114 valence electrons. The van der Waals surface area contributed by atoms with Crippen molar-refractivity contribution in [3.8, 4) is 0 Å². The first-order chi connectivity index (χ1) is 9.70. The molecule has 2 N–H and O–H groups in total. The number of hydrogen-bond acceptors (Lipinski definition) is 2. The first-order valence-electron chi connectivity index (χ1n) is 6.40. The quantitative estimate of drug-likeness (QED) is 0.898. The van der Waals surface area contributed by atoms with Crippen LogP contribution in [-0.2, 0) is 15.8 Å². The van der Waals surface area contributed by atoms with Gasteiger partial charge in [-0.15, -0.1) is 0 Å². The van der Waals surface area contributed by atoms with Gasteiger partial charge in [0.05, 0.1) is 23.4 Å². The second kappa shape index (κ2) is 5.38. The van der Waals surface area contributed by atoms with E-state index in [-0.39, 0.29) is 6.42 Å². The summed E-state index contributed by atoms with van der Waals surface area (Å²) in [6.07, 6.45) is -4.17. The Bertz CT molecular complexity index is 571. The van der Waals surface area contributed by atoms with Gasteiger partial charge in [-0.3, -0.25) is 9.59 Å². The van der Waals surface area contributed by atoms with Crippen molar-refractivity contribution >= 4 is 11.9 Å². The van der Waals surface area contributed by atoms with Crippen LogP contribution in [0.25, 0.3) is 0 Å². The SMILES string of the molecule is CC(NC(=O)[C@@H]1C[C@@H]1C(=O)O)c1cccc(C(F)(F)F)c1. The summed E-state index contributed by atoms with van der Waals surface area (Å²) in [6, 6.07) is 4.08. The Hall–Kier alpha value is -2.05. The molecule has 7 heteroatoms. The van der Waals surface area contributed by atoms with Crippen LogP contribution < -0.4 is 5.32 Å². The van der Waals surface area contributed by atoms with Crippen LogP contribution >= 0.6 is 0 Å². The molecule has 1 unspecified atom stereocenters. The van der Waals surface area contributed by atoms with E-state index in [1.807, 2.05) is 0 Å². The van der Waals surface area contributed by atoms with Crippen molar-refractivity contribution in [1.29, 1.82) is 0 Å². The lowest BCUT2D eigenvalue weighted by atomic mass is 10.0. The van der Waals surface area contributed by atoms with Gasteiger partial charge >= 0.3 is 12.1 Å². The van der Waals surface area contributed by atoms with Crippen LogP contribution in [0.4, 0.5) is 13.2 Å². The maximum absolute atomic E-state index is 12.6. The lowest BCUT2D eigenvalue weighted by molar-refractivity contribution is -0.140. The monoisotopic (exact) mass is 301 g/mol. The molecule has 1 fully saturated rings. The molecule has 1 aromatic carbocycles. The normalized spacial score (nSPS) is 22.5.